The fourth-order valence-electron chi connectivity index (χ4n) is 6.25. The van der Waals surface area contributed by atoms with E-state index in [1.807, 2.05) is 0 Å². The number of fused-ring (bicyclic) bond motifs is 1. The zero-order valence-corrected chi connectivity index (χ0v) is 23.2. The van der Waals surface area contributed by atoms with Crippen LogP contribution in [0.25, 0.3) is 0 Å². The highest BCUT2D eigenvalue weighted by molar-refractivity contribution is 7.54. The van der Waals surface area contributed by atoms with Gasteiger partial charge in [-0.2, -0.15) is 0 Å². The van der Waals surface area contributed by atoms with E-state index in [-0.39, 0.29) is 19.0 Å². The highest BCUT2D eigenvalue weighted by atomic mass is 31.2. The molecule has 35 heavy (non-hydrogen) atoms. The molecule has 0 aromatic heterocycles. The van der Waals surface area contributed by atoms with Crippen molar-refractivity contribution in [3.8, 4) is 11.5 Å². The molecule has 7 heteroatoms. The lowest BCUT2D eigenvalue weighted by Gasteiger charge is -2.42. The zero-order valence-electron chi connectivity index (χ0n) is 22.3. The van der Waals surface area contributed by atoms with Gasteiger partial charge in [0.2, 0.25) is 6.79 Å². The van der Waals surface area contributed by atoms with E-state index in [0.29, 0.717) is 52.6 Å². The Kier molecular flexibility index (Phi) is 8.58. The van der Waals surface area contributed by atoms with E-state index in [9.17, 15) is 9.67 Å². The number of rotatable bonds is 8. The Labute approximate surface area is 211 Å². The maximum absolute atomic E-state index is 14.7. The smallest absolute Gasteiger partial charge is 0.363 e. The second-order valence-electron chi connectivity index (χ2n) is 12.0. The Balaban J connectivity index is 1.67. The quantitative estimate of drug-likeness (QED) is 0.365. The summed E-state index contributed by atoms with van der Waals surface area (Å²) in [5, 5.41) is 11.6. The van der Waals surface area contributed by atoms with Crippen LogP contribution in [0.3, 0.4) is 0 Å². The molecule has 2 saturated carbocycles. The van der Waals surface area contributed by atoms with E-state index in [1.54, 1.807) is 18.2 Å². The van der Waals surface area contributed by atoms with Crippen LogP contribution in [0.4, 0.5) is 0 Å². The fraction of sp³-hybridized carbons (Fsp3) is 0.786. The summed E-state index contributed by atoms with van der Waals surface area (Å²) in [6.45, 7) is 13.4. The van der Waals surface area contributed by atoms with E-state index in [2.05, 4.69) is 41.5 Å². The molecule has 1 aromatic rings. The third kappa shape index (κ3) is 6.09. The van der Waals surface area contributed by atoms with Crippen molar-refractivity contribution < 1.29 is 28.2 Å². The van der Waals surface area contributed by atoms with Crippen molar-refractivity contribution in [1.29, 1.82) is 0 Å². The lowest BCUT2D eigenvalue weighted by atomic mass is 9.75. The van der Waals surface area contributed by atoms with Crippen LogP contribution in [0.1, 0.15) is 91.5 Å². The Bertz CT molecular complexity index is 863. The number of hydrogen-bond acceptors (Lipinski definition) is 6. The van der Waals surface area contributed by atoms with Gasteiger partial charge in [-0.3, -0.25) is 4.57 Å². The van der Waals surface area contributed by atoms with Gasteiger partial charge in [-0.05, 0) is 78.9 Å². The molecule has 0 bridgehead atoms. The van der Waals surface area contributed by atoms with Gasteiger partial charge in [-0.15, -0.1) is 0 Å². The Morgan fingerprint density at radius 2 is 1.37 bits per heavy atom. The van der Waals surface area contributed by atoms with Crippen molar-refractivity contribution in [2.24, 2.45) is 35.5 Å². The molecule has 4 rings (SSSR count). The molecule has 2 aliphatic carbocycles. The summed E-state index contributed by atoms with van der Waals surface area (Å²) in [4.78, 5) is 0. The van der Waals surface area contributed by atoms with Gasteiger partial charge in [0.1, 0.15) is 0 Å². The van der Waals surface area contributed by atoms with Crippen molar-refractivity contribution in [2.75, 3.05) is 6.79 Å². The van der Waals surface area contributed by atoms with Crippen molar-refractivity contribution in [1.82, 2.24) is 0 Å². The molecule has 1 aromatic carbocycles. The minimum absolute atomic E-state index is 0.144. The monoisotopic (exact) mass is 508 g/mol. The van der Waals surface area contributed by atoms with Crippen LogP contribution in [0.5, 0.6) is 11.5 Å². The van der Waals surface area contributed by atoms with Crippen LogP contribution in [-0.2, 0) is 13.6 Å². The number of aliphatic hydroxyl groups is 1. The molecule has 3 aliphatic rings. The lowest BCUT2D eigenvalue weighted by Crippen LogP contribution is -2.37. The van der Waals surface area contributed by atoms with Gasteiger partial charge in [0, 0.05) is 0 Å². The first-order chi connectivity index (χ1) is 16.6. The molecule has 6 nitrogen and oxygen atoms in total. The van der Waals surface area contributed by atoms with Crippen LogP contribution < -0.4 is 9.47 Å². The third-order valence-corrected chi connectivity index (χ3v) is 10.5. The highest BCUT2D eigenvalue weighted by Gasteiger charge is 2.46. The molecular weight excluding hydrogens is 463 g/mol. The lowest BCUT2D eigenvalue weighted by molar-refractivity contribution is -0.0154. The van der Waals surface area contributed by atoms with Crippen molar-refractivity contribution >= 4 is 7.60 Å². The van der Waals surface area contributed by atoms with Gasteiger partial charge in [0.25, 0.3) is 0 Å². The van der Waals surface area contributed by atoms with Gasteiger partial charge >= 0.3 is 7.60 Å². The Morgan fingerprint density at radius 1 is 0.857 bits per heavy atom. The van der Waals surface area contributed by atoms with Gasteiger partial charge in [0.15, 0.2) is 17.3 Å². The summed E-state index contributed by atoms with van der Waals surface area (Å²) in [5.74, 6) is 2.16. The average molecular weight is 509 g/mol. The predicted molar refractivity (Wildman–Crippen MR) is 138 cm³/mol. The highest BCUT2D eigenvalue weighted by Crippen LogP contribution is 2.64. The van der Waals surface area contributed by atoms with Crippen LogP contribution >= 0.6 is 7.60 Å². The molecule has 1 aliphatic heterocycles. The second kappa shape index (κ2) is 11.1. The molecule has 7 atom stereocenters. The van der Waals surface area contributed by atoms with Crippen LogP contribution in [-0.4, -0.2) is 24.1 Å². The summed E-state index contributed by atoms with van der Waals surface area (Å²) >= 11 is 0. The van der Waals surface area contributed by atoms with E-state index in [1.165, 1.54) is 0 Å². The minimum Gasteiger partial charge on any atom is -0.454 e. The molecule has 1 heterocycles. The zero-order chi connectivity index (χ0) is 25.3. The van der Waals surface area contributed by atoms with Gasteiger partial charge < -0.3 is 23.6 Å². The van der Waals surface area contributed by atoms with Crippen molar-refractivity contribution in [3.05, 3.63) is 23.8 Å². The van der Waals surface area contributed by atoms with E-state index < -0.39 is 13.4 Å². The third-order valence-electron chi connectivity index (χ3n) is 8.48. The average Bonchev–Trinajstić information content (AvgIpc) is 3.26. The first kappa shape index (κ1) is 27.0. The van der Waals surface area contributed by atoms with Crippen LogP contribution in [0.2, 0.25) is 0 Å². The van der Waals surface area contributed by atoms with E-state index >= 15 is 0 Å². The first-order valence-corrected chi connectivity index (χ1v) is 15.2. The van der Waals surface area contributed by atoms with Crippen LogP contribution in [0.15, 0.2) is 18.2 Å². The predicted octanol–water partition coefficient (Wildman–Crippen LogP) is 7.55. The Hall–Kier alpha value is -1.07. The largest absolute Gasteiger partial charge is 0.454 e. The standard InChI is InChI=1S/C28H45O6P/c1-17(2)22-10-7-19(5)13-25(22)33-35(30,34-26-14-20(6)8-11-23(26)18(3)4)28(29)21-9-12-24-27(15-21)32-16-31-24/h9,12,15,17-20,22-23,25-26,28-29H,7-8,10-11,13-14,16H2,1-6H3. The summed E-state index contributed by atoms with van der Waals surface area (Å²) in [6.07, 6.45) is 5.63. The molecule has 0 saturated heterocycles. The summed E-state index contributed by atoms with van der Waals surface area (Å²) < 4.78 is 38.8. The topological polar surface area (TPSA) is 74.2 Å². The van der Waals surface area contributed by atoms with Crippen molar-refractivity contribution in [2.45, 2.75) is 98.1 Å². The second-order valence-corrected chi connectivity index (χ2v) is 14.0. The summed E-state index contributed by atoms with van der Waals surface area (Å²) in [5.41, 5.74) is 0.479. The number of benzene rings is 1. The molecule has 0 amide bonds. The molecule has 0 radical (unpaired) electrons. The number of aliphatic hydroxyl groups excluding tert-OH is 1. The van der Waals surface area contributed by atoms with E-state index in [4.69, 9.17) is 18.5 Å². The Morgan fingerprint density at radius 3 is 1.89 bits per heavy atom. The first-order valence-electron chi connectivity index (χ1n) is 13.6. The fourth-order valence-corrected chi connectivity index (χ4v) is 8.29. The maximum Gasteiger partial charge on any atom is 0.363 e. The normalized spacial score (nSPS) is 33.6. The van der Waals surface area contributed by atoms with Crippen LogP contribution in [0, 0.1) is 35.5 Å². The van der Waals surface area contributed by atoms with Gasteiger partial charge in [0.05, 0.1) is 12.2 Å². The van der Waals surface area contributed by atoms with Crippen molar-refractivity contribution in [3.63, 3.8) is 0 Å². The molecule has 198 valence electrons. The molecule has 0 spiro atoms. The maximum atomic E-state index is 14.7. The summed E-state index contributed by atoms with van der Waals surface area (Å²) in [7, 11) is -3.94. The SMILES string of the molecule is CC1CCC(C(C)C)C(OP(=O)(OC2CC(C)CCC2C(C)C)C(O)c2ccc3c(c2)OCO3)C1. The molecule has 2 fully saturated rings. The van der Waals surface area contributed by atoms with Gasteiger partial charge in [-0.25, -0.2) is 0 Å². The molecule has 7 unspecified atom stereocenters. The number of ether oxygens (including phenoxy) is 2. The minimum atomic E-state index is -3.94. The summed E-state index contributed by atoms with van der Waals surface area (Å²) in [6, 6.07) is 5.20. The van der Waals surface area contributed by atoms with Gasteiger partial charge in [-0.1, -0.05) is 60.5 Å². The molecule has 1 N–H and O–H groups in total. The molecular formula is C28H45O6P. The van der Waals surface area contributed by atoms with E-state index in [0.717, 1.165) is 38.5 Å². The number of hydrogen-bond donors (Lipinski definition) is 1.